The van der Waals surface area contributed by atoms with Crippen LogP contribution in [0.2, 0.25) is 0 Å². The summed E-state index contributed by atoms with van der Waals surface area (Å²) in [7, 11) is -1.67. The molecule has 2 aromatic rings. The lowest BCUT2D eigenvalue weighted by atomic mass is 10.0. The van der Waals surface area contributed by atoms with Gasteiger partial charge < -0.3 is 15.1 Å². The average Bonchev–Trinajstić information content (AvgIpc) is 2.78. The maximum Gasteiger partial charge on any atom is 0.251 e. The lowest BCUT2D eigenvalue weighted by molar-refractivity contribution is 0.0939. The Morgan fingerprint density at radius 3 is 2.44 bits per heavy atom. The van der Waals surface area contributed by atoms with Gasteiger partial charge in [0.15, 0.2) is 0 Å². The van der Waals surface area contributed by atoms with E-state index in [0.717, 1.165) is 31.9 Å². The zero-order chi connectivity index (χ0) is 23.3. The van der Waals surface area contributed by atoms with Crippen LogP contribution in [0.15, 0.2) is 47.4 Å². The van der Waals surface area contributed by atoms with Crippen LogP contribution in [0.1, 0.15) is 28.9 Å². The van der Waals surface area contributed by atoms with Crippen LogP contribution in [-0.4, -0.2) is 59.0 Å². The van der Waals surface area contributed by atoms with E-state index >= 15 is 0 Å². The molecule has 3 rings (SSSR count). The Kier molecular flexibility index (Phi) is 7.51. The van der Waals surface area contributed by atoms with Crippen LogP contribution in [0.4, 0.5) is 10.1 Å². The number of sulfonamides is 1. The molecule has 170 valence electrons. The molecular weight excluding hydrogens is 431 g/mol. The van der Waals surface area contributed by atoms with Gasteiger partial charge in [-0.05, 0) is 56.4 Å². The maximum absolute atomic E-state index is 14.0. The van der Waals surface area contributed by atoms with Gasteiger partial charge in [-0.1, -0.05) is 5.92 Å². The smallest absolute Gasteiger partial charge is 0.251 e. The van der Waals surface area contributed by atoms with Gasteiger partial charge in [-0.25, -0.2) is 12.8 Å². The van der Waals surface area contributed by atoms with Crippen molar-refractivity contribution >= 4 is 21.6 Å². The number of nitrogens with zero attached hydrogens (tertiary/aromatic N) is 2. The van der Waals surface area contributed by atoms with Crippen molar-refractivity contribution in [2.45, 2.75) is 17.9 Å². The molecule has 1 heterocycles. The van der Waals surface area contributed by atoms with E-state index in [-0.39, 0.29) is 23.2 Å². The van der Waals surface area contributed by atoms with Gasteiger partial charge in [0.05, 0.1) is 17.5 Å². The van der Waals surface area contributed by atoms with Crippen molar-refractivity contribution in [1.29, 1.82) is 0 Å². The number of terminal acetylenes is 1. The zero-order valence-corrected chi connectivity index (χ0v) is 19.0. The van der Waals surface area contributed by atoms with Crippen molar-refractivity contribution in [3.63, 3.8) is 0 Å². The highest BCUT2D eigenvalue weighted by atomic mass is 32.2. The Morgan fingerprint density at radius 2 is 1.81 bits per heavy atom. The van der Waals surface area contributed by atoms with Gasteiger partial charge in [-0.2, -0.15) is 4.72 Å². The predicted molar refractivity (Wildman–Crippen MR) is 122 cm³/mol. The number of hydrogen-bond acceptors (Lipinski definition) is 5. The minimum absolute atomic E-state index is 0.0137. The van der Waals surface area contributed by atoms with Crippen molar-refractivity contribution in [1.82, 2.24) is 14.9 Å². The first kappa shape index (κ1) is 23.7. The molecule has 0 aromatic heterocycles. The quantitative estimate of drug-likeness (QED) is 0.620. The third-order valence-corrected chi connectivity index (χ3v) is 6.86. The highest BCUT2D eigenvalue weighted by Gasteiger charge is 2.22. The molecule has 0 aliphatic carbocycles. The standard InChI is InChI=1S/C23H27FN4O3S/c1-4-11-25-32(30,31)20-8-5-18(6-9-20)23(29)26-17(2)21-16-19(24)7-10-22(21)28-14-12-27(3)13-15-28/h1,5-10,16-17,25H,11-15H2,2-3H3,(H,26,29). The van der Waals surface area contributed by atoms with E-state index in [2.05, 4.69) is 32.8 Å². The van der Waals surface area contributed by atoms with Crippen molar-refractivity contribution < 1.29 is 17.6 Å². The minimum Gasteiger partial charge on any atom is -0.369 e. The molecule has 7 nitrogen and oxygen atoms in total. The summed E-state index contributed by atoms with van der Waals surface area (Å²) in [5, 5.41) is 2.89. The molecule has 1 aliphatic heterocycles. The van der Waals surface area contributed by atoms with Gasteiger partial charge in [0.25, 0.3) is 5.91 Å². The first-order valence-corrected chi connectivity index (χ1v) is 11.8. The molecule has 1 fully saturated rings. The van der Waals surface area contributed by atoms with E-state index in [4.69, 9.17) is 6.42 Å². The number of hydrogen-bond donors (Lipinski definition) is 2. The molecule has 1 unspecified atom stereocenters. The lowest BCUT2D eigenvalue weighted by Gasteiger charge is -2.36. The Bertz CT molecular complexity index is 1110. The van der Waals surface area contributed by atoms with Gasteiger partial charge in [0, 0.05) is 43.0 Å². The molecule has 1 aliphatic rings. The Hall–Kier alpha value is -2.93. The summed E-state index contributed by atoms with van der Waals surface area (Å²) in [4.78, 5) is 17.2. The van der Waals surface area contributed by atoms with Gasteiger partial charge >= 0.3 is 0 Å². The van der Waals surface area contributed by atoms with E-state index in [1.54, 1.807) is 13.0 Å². The maximum atomic E-state index is 14.0. The summed E-state index contributed by atoms with van der Waals surface area (Å²) >= 11 is 0. The fourth-order valence-corrected chi connectivity index (χ4v) is 4.51. The van der Waals surface area contributed by atoms with E-state index in [9.17, 15) is 17.6 Å². The molecule has 2 N–H and O–H groups in total. The van der Waals surface area contributed by atoms with Gasteiger partial charge in [-0.3, -0.25) is 4.79 Å². The first-order chi connectivity index (χ1) is 15.2. The normalized spacial score (nSPS) is 15.8. The number of amides is 1. The second kappa shape index (κ2) is 10.1. The Morgan fingerprint density at radius 1 is 1.16 bits per heavy atom. The first-order valence-electron chi connectivity index (χ1n) is 10.3. The number of benzene rings is 2. The molecule has 0 radical (unpaired) electrons. The van der Waals surface area contributed by atoms with Crippen LogP contribution >= 0.6 is 0 Å². The highest BCUT2D eigenvalue weighted by molar-refractivity contribution is 7.89. The monoisotopic (exact) mass is 458 g/mol. The molecule has 0 saturated carbocycles. The van der Waals surface area contributed by atoms with Crippen molar-refractivity contribution in [3.8, 4) is 12.3 Å². The second-order valence-electron chi connectivity index (χ2n) is 7.74. The summed E-state index contributed by atoms with van der Waals surface area (Å²) in [6.45, 7) is 5.13. The van der Waals surface area contributed by atoms with Crippen LogP contribution in [0.5, 0.6) is 0 Å². The number of carbonyl (C=O) groups excluding carboxylic acids is 1. The molecule has 9 heteroatoms. The summed E-state index contributed by atoms with van der Waals surface area (Å²) in [6.07, 6.45) is 5.09. The van der Waals surface area contributed by atoms with Crippen molar-refractivity contribution in [2.75, 3.05) is 44.7 Å². The van der Waals surface area contributed by atoms with E-state index in [1.807, 2.05) is 0 Å². The molecule has 32 heavy (non-hydrogen) atoms. The van der Waals surface area contributed by atoms with E-state index in [1.165, 1.54) is 36.4 Å². The number of rotatable bonds is 7. The topological polar surface area (TPSA) is 81.7 Å². The third kappa shape index (κ3) is 5.65. The van der Waals surface area contributed by atoms with Crippen LogP contribution < -0.4 is 14.9 Å². The zero-order valence-electron chi connectivity index (χ0n) is 18.1. The number of carbonyl (C=O) groups is 1. The van der Waals surface area contributed by atoms with Crippen molar-refractivity contribution in [2.24, 2.45) is 0 Å². The largest absolute Gasteiger partial charge is 0.369 e. The van der Waals surface area contributed by atoms with E-state index < -0.39 is 16.1 Å². The summed E-state index contributed by atoms with van der Waals surface area (Å²) in [6, 6.07) is 9.73. The van der Waals surface area contributed by atoms with Crippen LogP contribution in [-0.2, 0) is 10.0 Å². The highest BCUT2D eigenvalue weighted by Crippen LogP contribution is 2.28. The molecule has 0 bridgehead atoms. The number of piperazine rings is 1. The molecular formula is C23H27FN4O3S. The predicted octanol–water partition coefficient (Wildman–Crippen LogP) is 1.98. The van der Waals surface area contributed by atoms with Gasteiger partial charge in [0.2, 0.25) is 10.0 Å². The molecule has 1 amide bonds. The fraction of sp³-hybridized carbons (Fsp3) is 0.348. The molecule has 2 aromatic carbocycles. The summed E-state index contributed by atoms with van der Waals surface area (Å²) in [5.41, 5.74) is 1.89. The van der Waals surface area contributed by atoms with Crippen molar-refractivity contribution in [3.05, 3.63) is 59.4 Å². The number of anilines is 1. The number of nitrogens with one attached hydrogen (secondary N) is 2. The minimum atomic E-state index is -3.73. The number of halogens is 1. The van der Waals surface area contributed by atoms with Crippen LogP contribution in [0, 0.1) is 18.2 Å². The molecule has 1 atom stereocenters. The molecule has 0 spiro atoms. The van der Waals surface area contributed by atoms with Crippen LogP contribution in [0.25, 0.3) is 0 Å². The van der Waals surface area contributed by atoms with Gasteiger partial charge in [-0.15, -0.1) is 6.42 Å². The van der Waals surface area contributed by atoms with Gasteiger partial charge in [0.1, 0.15) is 5.82 Å². The van der Waals surface area contributed by atoms with E-state index in [0.29, 0.717) is 11.1 Å². The second-order valence-corrected chi connectivity index (χ2v) is 9.51. The fourth-order valence-electron chi connectivity index (χ4n) is 3.57. The lowest BCUT2D eigenvalue weighted by Crippen LogP contribution is -2.45. The third-order valence-electron chi connectivity index (χ3n) is 5.44. The van der Waals surface area contributed by atoms with Crippen LogP contribution in [0.3, 0.4) is 0 Å². The molecule has 1 saturated heterocycles. The summed E-state index contributed by atoms with van der Waals surface area (Å²) < 4.78 is 40.5. The number of likely N-dealkylation sites (N-methyl/N-ethyl adjacent to an activating group) is 1. The average molecular weight is 459 g/mol. The Labute approximate surface area is 188 Å². The summed E-state index contributed by atoms with van der Waals surface area (Å²) in [5.74, 6) is 1.46. The SMILES string of the molecule is C#CCNS(=O)(=O)c1ccc(C(=O)NC(C)c2cc(F)ccc2N2CCN(C)CC2)cc1. The Balaban J connectivity index is 1.75.